The minimum atomic E-state index is -0.232. The zero-order chi connectivity index (χ0) is 9.42. The van der Waals surface area contributed by atoms with E-state index in [2.05, 4.69) is 4.98 Å². The molecule has 1 amide bonds. The number of halogens is 1. The molecule has 0 bridgehead atoms. The molecule has 1 aliphatic carbocycles. The van der Waals surface area contributed by atoms with Gasteiger partial charge in [0.2, 0.25) is 5.91 Å². The second-order valence-electron chi connectivity index (χ2n) is 3.29. The molecule has 0 radical (unpaired) electrons. The van der Waals surface area contributed by atoms with E-state index in [-0.39, 0.29) is 17.7 Å². The number of hydrogen-bond acceptors (Lipinski definition) is 2. The zero-order valence-corrected chi connectivity index (χ0v) is 7.66. The van der Waals surface area contributed by atoms with Gasteiger partial charge in [0, 0.05) is 18.3 Å². The van der Waals surface area contributed by atoms with Crippen LogP contribution in [0.15, 0.2) is 18.5 Å². The predicted molar refractivity (Wildman–Crippen MR) is 49.3 cm³/mol. The molecule has 2 N–H and O–H groups in total. The van der Waals surface area contributed by atoms with E-state index in [1.165, 1.54) is 0 Å². The van der Waals surface area contributed by atoms with Crippen LogP contribution in [-0.4, -0.2) is 10.9 Å². The van der Waals surface area contributed by atoms with Gasteiger partial charge in [0.25, 0.3) is 0 Å². The number of rotatable bonds is 2. The fourth-order valence-electron chi connectivity index (χ4n) is 1.51. The molecule has 1 fully saturated rings. The predicted octanol–water partition coefficient (Wildman–Crippen LogP) is 1.32. The van der Waals surface area contributed by atoms with E-state index < -0.39 is 0 Å². The van der Waals surface area contributed by atoms with Crippen LogP contribution in [0.1, 0.15) is 17.9 Å². The van der Waals surface area contributed by atoms with Crippen molar-refractivity contribution in [3.8, 4) is 0 Å². The maximum atomic E-state index is 10.8. The Morgan fingerprint density at radius 3 is 2.92 bits per heavy atom. The Kier molecular flexibility index (Phi) is 1.96. The van der Waals surface area contributed by atoms with Gasteiger partial charge in [0.05, 0.1) is 5.02 Å². The highest BCUT2D eigenvalue weighted by Gasteiger charge is 2.42. The van der Waals surface area contributed by atoms with Crippen molar-refractivity contribution in [2.24, 2.45) is 11.7 Å². The number of aromatic nitrogens is 1. The average Bonchev–Trinajstić information content (AvgIpc) is 2.82. The lowest BCUT2D eigenvalue weighted by Crippen LogP contribution is -2.13. The Morgan fingerprint density at radius 2 is 2.38 bits per heavy atom. The molecule has 1 heterocycles. The van der Waals surface area contributed by atoms with E-state index >= 15 is 0 Å². The van der Waals surface area contributed by atoms with Crippen LogP contribution in [0.4, 0.5) is 0 Å². The molecule has 2 rings (SSSR count). The van der Waals surface area contributed by atoms with Gasteiger partial charge in [0.15, 0.2) is 0 Å². The van der Waals surface area contributed by atoms with Crippen molar-refractivity contribution in [1.29, 1.82) is 0 Å². The maximum Gasteiger partial charge on any atom is 0.221 e. The minimum Gasteiger partial charge on any atom is -0.369 e. The summed E-state index contributed by atoms with van der Waals surface area (Å²) in [6.45, 7) is 0. The monoisotopic (exact) mass is 196 g/mol. The molecular weight excluding hydrogens is 188 g/mol. The summed E-state index contributed by atoms with van der Waals surface area (Å²) < 4.78 is 0. The highest BCUT2D eigenvalue weighted by atomic mass is 35.5. The van der Waals surface area contributed by atoms with Crippen LogP contribution in [0, 0.1) is 5.92 Å². The van der Waals surface area contributed by atoms with Gasteiger partial charge in [-0.2, -0.15) is 0 Å². The molecule has 2 unspecified atom stereocenters. The first-order chi connectivity index (χ1) is 6.18. The molecule has 1 aromatic rings. The summed E-state index contributed by atoms with van der Waals surface area (Å²) in [6.07, 6.45) is 4.14. The first kappa shape index (κ1) is 8.51. The summed E-state index contributed by atoms with van der Waals surface area (Å²) in [5.74, 6) is -0.00561. The van der Waals surface area contributed by atoms with Crippen molar-refractivity contribution < 1.29 is 4.79 Å². The number of primary amides is 1. The topological polar surface area (TPSA) is 56.0 Å². The second kappa shape index (κ2) is 3.00. The van der Waals surface area contributed by atoms with Crippen molar-refractivity contribution in [3.63, 3.8) is 0 Å². The summed E-state index contributed by atoms with van der Waals surface area (Å²) in [5.41, 5.74) is 6.18. The van der Waals surface area contributed by atoms with Gasteiger partial charge in [-0.15, -0.1) is 0 Å². The number of pyridine rings is 1. The van der Waals surface area contributed by atoms with Gasteiger partial charge >= 0.3 is 0 Å². The van der Waals surface area contributed by atoms with E-state index in [0.717, 1.165) is 12.0 Å². The van der Waals surface area contributed by atoms with Crippen LogP contribution >= 0.6 is 11.6 Å². The van der Waals surface area contributed by atoms with Crippen LogP contribution in [0.2, 0.25) is 5.02 Å². The number of hydrogen-bond donors (Lipinski definition) is 1. The number of carbonyl (C=O) groups is 1. The van der Waals surface area contributed by atoms with Crippen molar-refractivity contribution >= 4 is 17.5 Å². The molecular formula is C9H9ClN2O. The van der Waals surface area contributed by atoms with E-state index in [1.807, 2.05) is 6.07 Å². The Bertz CT molecular complexity index is 353. The number of amides is 1. The minimum absolute atomic E-state index is 0.0136. The van der Waals surface area contributed by atoms with Crippen molar-refractivity contribution in [2.75, 3.05) is 0 Å². The lowest BCUT2D eigenvalue weighted by Gasteiger charge is -1.97. The average molecular weight is 197 g/mol. The SMILES string of the molecule is NC(=O)C1CC1c1cncc(Cl)c1. The molecule has 68 valence electrons. The highest BCUT2D eigenvalue weighted by Crippen LogP contribution is 2.47. The fraction of sp³-hybridized carbons (Fsp3) is 0.333. The first-order valence-electron chi connectivity index (χ1n) is 4.08. The van der Waals surface area contributed by atoms with Crippen molar-refractivity contribution in [3.05, 3.63) is 29.0 Å². The Morgan fingerprint density at radius 1 is 1.62 bits per heavy atom. The van der Waals surface area contributed by atoms with Crippen LogP contribution < -0.4 is 5.73 Å². The third-order valence-corrected chi connectivity index (χ3v) is 2.52. The van der Waals surface area contributed by atoms with Crippen LogP contribution in [0.25, 0.3) is 0 Å². The highest BCUT2D eigenvalue weighted by molar-refractivity contribution is 6.30. The van der Waals surface area contributed by atoms with E-state index in [0.29, 0.717) is 5.02 Å². The summed E-state index contributed by atoms with van der Waals surface area (Å²) in [6, 6.07) is 1.84. The van der Waals surface area contributed by atoms with Gasteiger partial charge in [-0.3, -0.25) is 9.78 Å². The quantitative estimate of drug-likeness (QED) is 0.776. The molecule has 3 nitrogen and oxygen atoms in total. The molecule has 0 aliphatic heterocycles. The van der Waals surface area contributed by atoms with Crippen LogP contribution in [0.3, 0.4) is 0 Å². The third-order valence-electron chi connectivity index (χ3n) is 2.31. The normalized spacial score (nSPS) is 25.6. The Labute approximate surface area is 80.9 Å². The first-order valence-corrected chi connectivity index (χ1v) is 4.46. The van der Waals surface area contributed by atoms with E-state index in [1.54, 1.807) is 12.4 Å². The summed E-state index contributed by atoms with van der Waals surface area (Å²) in [4.78, 5) is 14.8. The van der Waals surface area contributed by atoms with Gasteiger partial charge < -0.3 is 5.73 Å². The van der Waals surface area contributed by atoms with E-state index in [4.69, 9.17) is 17.3 Å². The molecule has 1 aromatic heterocycles. The van der Waals surface area contributed by atoms with Gasteiger partial charge in [-0.05, 0) is 24.0 Å². The Hall–Kier alpha value is -1.09. The molecule has 4 heteroatoms. The zero-order valence-electron chi connectivity index (χ0n) is 6.90. The molecule has 0 spiro atoms. The summed E-state index contributed by atoms with van der Waals surface area (Å²) >= 11 is 5.77. The molecule has 1 aliphatic rings. The molecule has 0 saturated heterocycles. The molecule has 13 heavy (non-hydrogen) atoms. The maximum absolute atomic E-state index is 10.8. The lowest BCUT2D eigenvalue weighted by atomic mass is 10.1. The molecule has 1 saturated carbocycles. The smallest absolute Gasteiger partial charge is 0.221 e. The van der Waals surface area contributed by atoms with Gasteiger partial charge in [0.1, 0.15) is 0 Å². The van der Waals surface area contributed by atoms with Crippen molar-refractivity contribution in [1.82, 2.24) is 4.98 Å². The summed E-state index contributed by atoms with van der Waals surface area (Å²) in [5, 5.41) is 0.604. The Balaban J connectivity index is 2.16. The third kappa shape index (κ3) is 1.65. The van der Waals surface area contributed by atoms with Crippen LogP contribution in [-0.2, 0) is 4.79 Å². The van der Waals surface area contributed by atoms with Crippen molar-refractivity contribution in [2.45, 2.75) is 12.3 Å². The standard InChI is InChI=1S/C9H9ClN2O/c10-6-1-5(3-12-4-6)7-2-8(7)9(11)13/h1,3-4,7-8H,2H2,(H2,11,13). The molecule has 2 atom stereocenters. The van der Waals surface area contributed by atoms with Gasteiger partial charge in [-0.25, -0.2) is 0 Å². The van der Waals surface area contributed by atoms with E-state index in [9.17, 15) is 4.79 Å². The summed E-state index contributed by atoms with van der Waals surface area (Å²) in [7, 11) is 0. The molecule has 0 aromatic carbocycles. The fourth-order valence-corrected chi connectivity index (χ4v) is 1.69. The number of carbonyl (C=O) groups excluding carboxylic acids is 1. The largest absolute Gasteiger partial charge is 0.369 e. The second-order valence-corrected chi connectivity index (χ2v) is 3.72. The number of nitrogens with two attached hydrogens (primary N) is 1. The van der Waals surface area contributed by atoms with Crippen LogP contribution in [0.5, 0.6) is 0 Å². The number of nitrogens with zero attached hydrogens (tertiary/aromatic N) is 1. The van der Waals surface area contributed by atoms with Gasteiger partial charge in [-0.1, -0.05) is 11.6 Å². The lowest BCUT2D eigenvalue weighted by molar-refractivity contribution is -0.119.